The lowest BCUT2D eigenvalue weighted by Gasteiger charge is -2.38. The normalized spacial score (nSPS) is 24.0. The van der Waals surface area contributed by atoms with Crippen molar-refractivity contribution in [2.45, 2.75) is 95.9 Å². The number of aromatic amines is 1. The average molecular weight is 462 g/mol. The third kappa shape index (κ3) is 7.28. The van der Waals surface area contributed by atoms with Gasteiger partial charge in [0.2, 0.25) is 0 Å². The Labute approximate surface area is 194 Å². The van der Waals surface area contributed by atoms with E-state index in [-0.39, 0.29) is 18.9 Å². The number of hydrogen-bond acceptors (Lipinski definition) is 6. The quantitative estimate of drug-likeness (QED) is 0.316. The number of carbonyl (C=O) groups excluding carboxylic acids is 1. The number of aliphatic hydroxyl groups excluding tert-OH is 1. The van der Waals surface area contributed by atoms with E-state index in [4.69, 9.17) is 19.3 Å². The van der Waals surface area contributed by atoms with Crippen LogP contribution in [-0.4, -0.2) is 57.8 Å². The maximum Gasteiger partial charge on any atom is 0.340 e. The molecule has 8 heteroatoms. The first-order chi connectivity index (χ1) is 15.8. The number of para-hydroxylation sites is 1. The Morgan fingerprint density at radius 1 is 1.18 bits per heavy atom. The Morgan fingerprint density at radius 3 is 2.70 bits per heavy atom. The minimum atomic E-state index is -0.888. The van der Waals surface area contributed by atoms with E-state index in [1.54, 1.807) is 6.20 Å². The molecule has 5 unspecified atom stereocenters. The van der Waals surface area contributed by atoms with Crippen LogP contribution in [-0.2, 0) is 19.0 Å². The van der Waals surface area contributed by atoms with Crippen LogP contribution in [0.5, 0.6) is 0 Å². The number of aliphatic hydroxyl groups is 1. The highest BCUT2D eigenvalue weighted by Crippen LogP contribution is 2.27. The second-order valence-electron chi connectivity index (χ2n) is 8.85. The predicted molar refractivity (Wildman–Crippen MR) is 123 cm³/mol. The number of aromatic nitrogens is 1. The number of unbranched alkanes of at least 4 members (excludes halogenated alkanes) is 4. The van der Waals surface area contributed by atoms with Gasteiger partial charge in [-0.3, -0.25) is 4.79 Å². The first kappa shape index (κ1) is 25.2. The van der Waals surface area contributed by atoms with Gasteiger partial charge in [0.05, 0.1) is 17.8 Å². The minimum absolute atomic E-state index is 0.0822. The molecule has 0 bridgehead atoms. The first-order valence-electron chi connectivity index (χ1n) is 11.8. The van der Waals surface area contributed by atoms with Crippen molar-refractivity contribution in [2.75, 3.05) is 0 Å². The summed E-state index contributed by atoms with van der Waals surface area (Å²) in [5, 5.41) is 20.0. The van der Waals surface area contributed by atoms with Gasteiger partial charge in [-0.15, -0.1) is 0 Å². The van der Waals surface area contributed by atoms with E-state index in [2.05, 4.69) is 4.98 Å². The first-order valence-corrected chi connectivity index (χ1v) is 11.8. The van der Waals surface area contributed by atoms with E-state index >= 15 is 0 Å². The zero-order valence-corrected chi connectivity index (χ0v) is 19.4. The van der Waals surface area contributed by atoms with Crippen LogP contribution >= 0.6 is 0 Å². The van der Waals surface area contributed by atoms with Gasteiger partial charge in [-0.25, -0.2) is 4.79 Å². The molecule has 182 valence electrons. The summed E-state index contributed by atoms with van der Waals surface area (Å²) < 4.78 is 17.4. The van der Waals surface area contributed by atoms with Crippen LogP contribution in [0.15, 0.2) is 30.5 Å². The molecular formula is C25H35NO7. The molecule has 1 aromatic carbocycles. The standard InChI is InChI=1S/C25H35NO7/c1-16(10-6-4-3-5-7-13-23(28)29)31-25-21(27)14-22(17(2)32-25)33-24(30)19-15-26-20-12-9-8-11-18(19)20/h8-9,11-12,15-17,21-22,25-27H,3-7,10,13-14H2,1-2H3,(H,28,29). The maximum atomic E-state index is 12.7. The molecule has 2 aromatic rings. The Kier molecular flexibility index (Phi) is 9.29. The minimum Gasteiger partial charge on any atom is -0.481 e. The van der Waals surface area contributed by atoms with Gasteiger partial charge in [0.1, 0.15) is 12.2 Å². The molecule has 8 nitrogen and oxygen atoms in total. The molecule has 1 aliphatic rings. The molecular weight excluding hydrogens is 426 g/mol. The van der Waals surface area contributed by atoms with Crippen molar-refractivity contribution in [1.82, 2.24) is 4.98 Å². The number of aliphatic carboxylic acids is 1. The largest absolute Gasteiger partial charge is 0.481 e. The summed E-state index contributed by atoms with van der Waals surface area (Å²) >= 11 is 0. The van der Waals surface area contributed by atoms with Gasteiger partial charge < -0.3 is 29.4 Å². The lowest BCUT2D eigenvalue weighted by molar-refractivity contribution is -0.273. The fraction of sp³-hybridized carbons (Fsp3) is 0.600. The van der Waals surface area contributed by atoms with Gasteiger partial charge in [-0.2, -0.15) is 0 Å². The number of benzene rings is 1. The van der Waals surface area contributed by atoms with Crippen LogP contribution in [0.4, 0.5) is 0 Å². The van der Waals surface area contributed by atoms with Gasteiger partial charge >= 0.3 is 11.9 Å². The Bertz CT molecular complexity index is 911. The molecule has 2 heterocycles. The Morgan fingerprint density at radius 2 is 1.91 bits per heavy atom. The van der Waals surface area contributed by atoms with Crippen molar-refractivity contribution in [3.8, 4) is 0 Å². The molecule has 3 N–H and O–H groups in total. The van der Waals surface area contributed by atoms with Crippen molar-refractivity contribution < 1.29 is 34.0 Å². The summed E-state index contributed by atoms with van der Waals surface area (Å²) in [7, 11) is 0. The molecule has 0 radical (unpaired) electrons. The zero-order chi connectivity index (χ0) is 23.8. The fourth-order valence-corrected chi connectivity index (χ4v) is 4.17. The van der Waals surface area contributed by atoms with Gasteiger partial charge in [0.15, 0.2) is 6.29 Å². The van der Waals surface area contributed by atoms with E-state index in [0.29, 0.717) is 12.0 Å². The van der Waals surface area contributed by atoms with Crippen LogP contribution in [0, 0.1) is 0 Å². The molecule has 0 spiro atoms. The zero-order valence-electron chi connectivity index (χ0n) is 19.4. The number of ether oxygens (including phenoxy) is 3. The third-order valence-electron chi connectivity index (χ3n) is 6.10. The molecule has 1 saturated heterocycles. The van der Waals surface area contributed by atoms with E-state index in [0.717, 1.165) is 43.0 Å². The van der Waals surface area contributed by atoms with Gasteiger partial charge in [-0.05, 0) is 32.8 Å². The highest BCUT2D eigenvalue weighted by molar-refractivity contribution is 6.04. The van der Waals surface area contributed by atoms with Crippen LogP contribution in [0.2, 0.25) is 0 Å². The Hall–Kier alpha value is -2.42. The van der Waals surface area contributed by atoms with Gasteiger partial charge in [-0.1, -0.05) is 43.9 Å². The molecule has 1 aromatic heterocycles. The molecule has 5 atom stereocenters. The number of carboxylic acids is 1. The van der Waals surface area contributed by atoms with Gasteiger partial charge in [0.25, 0.3) is 0 Å². The fourth-order valence-electron chi connectivity index (χ4n) is 4.17. The van der Waals surface area contributed by atoms with Crippen LogP contribution < -0.4 is 0 Å². The van der Waals surface area contributed by atoms with Crippen molar-refractivity contribution in [3.05, 3.63) is 36.0 Å². The maximum absolute atomic E-state index is 12.7. The lowest BCUT2D eigenvalue weighted by Crippen LogP contribution is -2.49. The highest BCUT2D eigenvalue weighted by Gasteiger charge is 2.38. The number of carbonyl (C=O) groups is 2. The van der Waals surface area contributed by atoms with Crippen LogP contribution in [0.25, 0.3) is 10.9 Å². The monoisotopic (exact) mass is 461 g/mol. The topological polar surface area (TPSA) is 118 Å². The number of H-pyrrole nitrogens is 1. The van der Waals surface area contributed by atoms with Crippen molar-refractivity contribution in [3.63, 3.8) is 0 Å². The SMILES string of the molecule is CC(CCCCCCCC(=O)O)OC1OC(C)C(OC(=O)c2c[nH]c3ccccc23)CC1O. The number of esters is 1. The van der Waals surface area contributed by atoms with E-state index in [1.165, 1.54) is 0 Å². The molecule has 0 amide bonds. The third-order valence-corrected chi connectivity index (χ3v) is 6.10. The molecule has 3 rings (SSSR count). The van der Waals surface area contributed by atoms with Crippen molar-refractivity contribution in [2.24, 2.45) is 0 Å². The summed E-state index contributed by atoms with van der Waals surface area (Å²) in [5.41, 5.74) is 1.32. The smallest absolute Gasteiger partial charge is 0.340 e. The van der Waals surface area contributed by atoms with E-state index in [1.807, 2.05) is 38.1 Å². The van der Waals surface area contributed by atoms with E-state index in [9.17, 15) is 14.7 Å². The molecule has 1 fully saturated rings. The summed E-state index contributed by atoms with van der Waals surface area (Å²) in [4.78, 5) is 26.3. The second-order valence-corrected chi connectivity index (χ2v) is 8.85. The predicted octanol–water partition coefficient (Wildman–Crippen LogP) is 4.41. The summed E-state index contributed by atoms with van der Waals surface area (Å²) in [6.07, 6.45) is 4.87. The van der Waals surface area contributed by atoms with Gasteiger partial charge in [0, 0.05) is 29.9 Å². The number of fused-ring (bicyclic) bond motifs is 1. The summed E-state index contributed by atoms with van der Waals surface area (Å²) in [5.74, 6) is -1.19. The molecule has 33 heavy (non-hydrogen) atoms. The van der Waals surface area contributed by atoms with Crippen LogP contribution in [0.1, 0.15) is 75.6 Å². The van der Waals surface area contributed by atoms with E-state index < -0.39 is 36.5 Å². The lowest BCUT2D eigenvalue weighted by atomic mass is 10.0. The summed E-state index contributed by atoms with van der Waals surface area (Å²) in [6.45, 7) is 3.77. The molecule has 0 aliphatic carbocycles. The number of carboxylic acid groups (broad SMARTS) is 1. The van der Waals surface area contributed by atoms with Crippen molar-refractivity contribution in [1.29, 1.82) is 0 Å². The highest BCUT2D eigenvalue weighted by atomic mass is 16.7. The molecule has 1 aliphatic heterocycles. The molecule has 0 saturated carbocycles. The Balaban J connectivity index is 1.40. The van der Waals surface area contributed by atoms with Crippen molar-refractivity contribution >= 4 is 22.8 Å². The number of hydrogen-bond donors (Lipinski definition) is 3. The number of nitrogens with one attached hydrogen (secondary N) is 1. The number of rotatable bonds is 12. The average Bonchev–Trinajstić information content (AvgIpc) is 3.20. The second kappa shape index (κ2) is 12.2. The van der Waals surface area contributed by atoms with Crippen LogP contribution in [0.3, 0.4) is 0 Å². The summed E-state index contributed by atoms with van der Waals surface area (Å²) in [6, 6.07) is 7.51.